The van der Waals surface area contributed by atoms with Crippen molar-refractivity contribution in [2.75, 3.05) is 21.2 Å². The topological polar surface area (TPSA) is 38.5 Å². The fourth-order valence-corrected chi connectivity index (χ4v) is 2.62. The van der Waals surface area contributed by atoms with Crippen LogP contribution in [0.25, 0.3) is 0 Å². The predicted molar refractivity (Wildman–Crippen MR) is 77.6 cm³/mol. The summed E-state index contributed by atoms with van der Waals surface area (Å²) >= 11 is 6.35. The van der Waals surface area contributed by atoms with Crippen LogP contribution in [0.2, 0.25) is 5.02 Å². The molecule has 102 valence electrons. The second-order valence-corrected chi connectivity index (χ2v) is 5.39. The zero-order valence-corrected chi connectivity index (χ0v) is 12.8. The summed E-state index contributed by atoms with van der Waals surface area (Å²) in [6.45, 7) is 6.00. The molecule has 3 nitrogen and oxygen atoms in total. The van der Waals surface area contributed by atoms with Crippen LogP contribution in [-0.4, -0.2) is 32.1 Å². The van der Waals surface area contributed by atoms with Crippen molar-refractivity contribution < 1.29 is 4.74 Å². The van der Waals surface area contributed by atoms with Gasteiger partial charge in [0.1, 0.15) is 5.75 Å². The number of nitrogens with zero attached hydrogens (tertiary/aromatic N) is 1. The molecule has 0 radical (unpaired) electrons. The summed E-state index contributed by atoms with van der Waals surface area (Å²) in [7, 11) is 5.71. The average molecular weight is 271 g/mol. The van der Waals surface area contributed by atoms with Gasteiger partial charge in [-0.2, -0.15) is 0 Å². The second-order valence-electron chi connectivity index (χ2n) is 5.02. The van der Waals surface area contributed by atoms with E-state index in [-0.39, 0.29) is 12.1 Å². The van der Waals surface area contributed by atoms with E-state index >= 15 is 0 Å². The lowest BCUT2D eigenvalue weighted by Gasteiger charge is -2.31. The average Bonchev–Trinajstić information content (AvgIpc) is 2.28. The molecule has 18 heavy (non-hydrogen) atoms. The molecule has 0 fully saturated rings. The molecule has 1 rings (SSSR count). The summed E-state index contributed by atoms with van der Waals surface area (Å²) in [6, 6.07) is 2.05. The number of likely N-dealkylation sites (N-methyl/N-ethyl adjacent to an activating group) is 1. The maximum Gasteiger partial charge on any atom is 0.124 e. The zero-order chi connectivity index (χ0) is 14.0. The van der Waals surface area contributed by atoms with Gasteiger partial charge in [0.2, 0.25) is 0 Å². The Morgan fingerprint density at radius 2 is 1.89 bits per heavy atom. The third-order valence-corrected chi connectivity index (χ3v) is 3.84. The molecule has 0 bridgehead atoms. The van der Waals surface area contributed by atoms with Gasteiger partial charge in [0.05, 0.1) is 13.2 Å². The molecule has 0 saturated heterocycles. The SMILES string of the molecule is COc1cc(C)c(Cl)c(C)c1C(C(C)N)N(C)C. The molecule has 4 heteroatoms. The molecular formula is C14H23ClN2O. The minimum atomic E-state index is -0.00799. The molecule has 0 aromatic heterocycles. The smallest absolute Gasteiger partial charge is 0.124 e. The highest BCUT2D eigenvalue weighted by Crippen LogP contribution is 2.38. The number of aryl methyl sites for hydroxylation is 1. The molecular weight excluding hydrogens is 248 g/mol. The summed E-state index contributed by atoms with van der Waals surface area (Å²) < 4.78 is 5.50. The van der Waals surface area contributed by atoms with E-state index in [1.807, 2.05) is 40.9 Å². The van der Waals surface area contributed by atoms with Crippen molar-refractivity contribution in [3.8, 4) is 5.75 Å². The van der Waals surface area contributed by atoms with E-state index in [0.717, 1.165) is 27.5 Å². The van der Waals surface area contributed by atoms with Crippen molar-refractivity contribution in [2.24, 2.45) is 5.73 Å². The van der Waals surface area contributed by atoms with E-state index in [0.29, 0.717) is 0 Å². The standard InChI is InChI=1S/C14H23ClN2O/c1-8-7-11(18-6)12(9(2)13(8)15)14(10(3)16)17(4)5/h7,10,14H,16H2,1-6H3. The van der Waals surface area contributed by atoms with Gasteiger partial charge in [-0.1, -0.05) is 11.6 Å². The van der Waals surface area contributed by atoms with Crippen LogP contribution in [0.3, 0.4) is 0 Å². The highest BCUT2D eigenvalue weighted by molar-refractivity contribution is 6.32. The van der Waals surface area contributed by atoms with Crippen molar-refractivity contribution >= 4 is 11.6 Å². The number of hydrogen-bond acceptors (Lipinski definition) is 3. The monoisotopic (exact) mass is 270 g/mol. The minimum Gasteiger partial charge on any atom is -0.496 e. The summed E-state index contributed by atoms with van der Waals surface area (Å²) in [6.07, 6.45) is 0. The molecule has 0 aliphatic carbocycles. The highest BCUT2D eigenvalue weighted by atomic mass is 35.5. The first-order valence-electron chi connectivity index (χ1n) is 6.06. The lowest BCUT2D eigenvalue weighted by atomic mass is 9.93. The van der Waals surface area contributed by atoms with E-state index in [1.165, 1.54) is 0 Å². The second kappa shape index (κ2) is 5.91. The Kier molecular flexibility index (Phi) is 5.02. The summed E-state index contributed by atoms with van der Waals surface area (Å²) in [5.74, 6) is 0.852. The molecule has 0 aliphatic rings. The summed E-state index contributed by atoms with van der Waals surface area (Å²) in [5.41, 5.74) is 9.26. The van der Waals surface area contributed by atoms with E-state index in [4.69, 9.17) is 22.1 Å². The van der Waals surface area contributed by atoms with Crippen molar-refractivity contribution in [3.63, 3.8) is 0 Å². The van der Waals surface area contributed by atoms with Gasteiger partial charge >= 0.3 is 0 Å². The van der Waals surface area contributed by atoms with Gasteiger partial charge < -0.3 is 15.4 Å². The molecule has 0 spiro atoms. The van der Waals surface area contributed by atoms with Crippen LogP contribution < -0.4 is 10.5 Å². The number of hydrogen-bond donors (Lipinski definition) is 1. The van der Waals surface area contributed by atoms with Crippen LogP contribution in [0.15, 0.2) is 6.07 Å². The Hall–Kier alpha value is -0.770. The van der Waals surface area contributed by atoms with Gasteiger partial charge in [0.15, 0.2) is 0 Å². The van der Waals surface area contributed by atoms with Crippen LogP contribution in [0, 0.1) is 13.8 Å². The van der Waals surface area contributed by atoms with Crippen LogP contribution in [0.4, 0.5) is 0 Å². The first-order valence-corrected chi connectivity index (χ1v) is 6.44. The van der Waals surface area contributed by atoms with E-state index < -0.39 is 0 Å². The van der Waals surface area contributed by atoms with E-state index in [1.54, 1.807) is 7.11 Å². The maximum atomic E-state index is 6.35. The number of nitrogens with two attached hydrogens (primary N) is 1. The molecule has 0 aliphatic heterocycles. The highest BCUT2D eigenvalue weighted by Gasteiger charge is 2.26. The van der Waals surface area contributed by atoms with Gasteiger partial charge in [0.25, 0.3) is 0 Å². The summed E-state index contributed by atoms with van der Waals surface area (Å²) in [4.78, 5) is 2.10. The van der Waals surface area contributed by atoms with Gasteiger partial charge in [0, 0.05) is 16.6 Å². The lowest BCUT2D eigenvalue weighted by Crippen LogP contribution is -2.35. The fourth-order valence-electron chi connectivity index (χ4n) is 2.46. The molecule has 2 atom stereocenters. The number of rotatable bonds is 4. The van der Waals surface area contributed by atoms with Gasteiger partial charge in [-0.05, 0) is 52.1 Å². The molecule has 0 saturated carbocycles. The Balaban J connectivity index is 3.50. The third-order valence-electron chi connectivity index (χ3n) is 3.26. The number of halogens is 1. The first kappa shape index (κ1) is 15.3. The molecule has 2 unspecified atom stereocenters. The Morgan fingerprint density at radius 1 is 1.33 bits per heavy atom. The van der Waals surface area contributed by atoms with Crippen molar-refractivity contribution in [3.05, 3.63) is 27.8 Å². The van der Waals surface area contributed by atoms with Crippen molar-refractivity contribution in [2.45, 2.75) is 32.9 Å². The summed E-state index contributed by atoms with van der Waals surface area (Å²) in [5, 5.41) is 0.790. The van der Waals surface area contributed by atoms with Crippen LogP contribution in [0.5, 0.6) is 5.75 Å². The third kappa shape index (κ3) is 2.79. The number of ether oxygens (including phenoxy) is 1. The van der Waals surface area contributed by atoms with Crippen molar-refractivity contribution in [1.29, 1.82) is 0 Å². The van der Waals surface area contributed by atoms with Crippen LogP contribution >= 0.6 is 11.6 Å². The predicted octanol–water partition coefficient (Wildman–Crippen LogP) is 2.92. The lowest BCUT2D eigenvalue weighted by molar-refractivity contribution is 0.257. The minimum absolute atomic E-state index is 0.00799. The van der Waals surface area contributed by atoms with Crippen molar-refractivity contribution in [1.82, 2.24) is 4.90 Å². The molecule has 2 N–H and O–H groups in total. The normalized spacial score (nSPS) is 14.7. The molecule has 0 heterocycles. The first-order chi connectivity index (χ1) is 8.31. The Labute approximate surface area is 115 Å². The number of benzene rings is 1. The van der Waals surface area contributed by atoms with Gasteiger partial charge in [-0.3, -0.25) is 0 Å². The maximum absolute atomic E-state index is 6.35. The van der Waals surface area contributed by atoms with E-state index in [9.17, 15) is 0 Å². The molecule has 1 aromatic carbocycles. The fraction of sp³-hybridized carbons (Fsp3) is 0.571. The van der Waals surface area contributed by atoms with E-state index in [2.05, 4.69) is 4.90 Å². The van der Waals surface area contributed by atoms with Crippen LogP contribution in [-0.2, 0) is 0 Å². The largest absolute Gasteiger partial charge is 0.496 e. The van der Waals surface area contributed by atoms with Crippen LogP contribution in [0.1, 0.15) is 29.7 Å². The number of methoxy groups -OCH3 is 1. The quantitative estimate of drug-likeness (QED) is 0.914. The van der Waals surface area contributed by atoms with Gasteiger partial charge in [-0.25, -0.2) is 0 Å². The Bertz CT molecular complexity index is 422. The molecule has 1 aromatic rings. The van der Waals surface area contributed by atoms with Gasteiger partial charge in [-0.15, -0.1) is 0 Å². The zero-order valence-electron chi connectivity index (χ0n) is 12.0. The molecule has 0 amide bonds. The Morgan fingerprint density at radius 3 is 2.28 bits per heavy atom.